The Morgan fingerprint density at radius 3 is 2.33 bits per heavy atom. The van der Waals surface area contributed by atoms with Gasteiger partial charge in [0.25, 0.3) is 0 Å². The molecule has 0 heterocycles. The van der Waals surface area contributed by atoms with Gasteiger partial charge in [-0.15, -0.1) is 12.4 Å². The first-order chi connectivity index (χ1) is 11.0. The SMILES string of the molecule is CC(C)(CNC(=O)CCc1ccccc1N)Cc1ccccc1.Cl. The Bertz CT molecular complexity index is 641. The standard InChI is InChI=1S/C20H26N2O.ClH/c1-20(2,14-16-8-4-3-5-9-16)15-22-19(23)13-12-17-10-6-7-11-18(17)21;/h3-11H,12-15,21H2,1-2H3,(H,22,23);1H. The fraction of sp³-hybridized carbons (Fsp3) is 0.350. The molecule has 0 unspecified atom stereocenters. The molecule has 0 aliphatic heterocycles. The van der Waals surface area contributed by atoms with E-state index in [0.717, 1.165) is 17.7 Å². The van der Waals surface area contributed by atoms with Gasteiger partial charge in [-0.05, 0) is 35.4 Å². The molecule has 3 nitrogen and oxygen atoms in total. The number of amides is 1. The monoisotopic (exact) mass is 346 g/mol. The summed E-state index contributed by atoms with van der Waals surface area (Å²) in [6.45, 7) is 5.02. The highest BCUT2D eigenvalue weighted by atomic mass is 35.5. The number of aryl methyl sites for hydroxylation is 1. The van der Waals surface area contributed by atoms with Crippen molar-refractivity contribution in [2.75, 3.05) is 12.3 Å². The van der Waals surface area contributed by atoms with Gasteiger partial charge in [0, 0.05) is 18.7 Å². The Hall–Kier alpha value is -2.00. The van der Waals surface area contributed by atoms with Crippen molar-refractivity contribution >= 4 is 24.0 Å². The number of nitrogens with two attached hydrogens (primary N) is 1. The van der Waals surface area contributed by atoms with Crippen LogP contribution in [0, 0.1) is 5.41 Å². The molecule has 24 heavy (non-hydrogen) atoms. The van der Waals surface area contributed by atoms with E-state index >= 15 is 0 Å². The van der Waals surface area contributed by atoms with Crippen LogP contribution in [-0.2, 0) is 17.6 Å². The van der Waals surface area contributed by atoms with Crippen molar-refractivity contribution in [3.05, 3.63) is 65.7 Å². The Morgan fingerprint density at radius 2 is 1.67 bits per heavy atom. The predicted molar refractivity (Wildman–Crippen MR) is 103 cm³/mol. The number of hydrogen-bond acceptors (Lipinski definition) is 2. The van der Waals surface area contributed by atoms with Crippen molar-refractivity contribution in [2.45, 2.75) is 33.1 Å². The molecule has 0 fully saturated rings. The van der Waals surface area contributed by atoms with Crippen LogP contribution in [0.5, 0.6) is 0 Å². The van der Waals surface area contributed by atoms with Crippen LogP contribution in [0.4, 0.5) is 5.69 Å². The van der Waals surface area contributed by atoms with Crippen molar-refractivity contribution in [1.29, 1.82) is 0 Å². The summed E-state index contributed by atoms with van der Waals surface area (Å²) in [5.41, 5.74) is 9.02. The first kappa shape index (κ1) is 20.0. The lowest BCUT2D eigenvalue weighted by molar-refractivity contribution is -0.121. The van der Waals surface area contributed by atoms with Gasteiger partial charge in [-0.3, -0.25) is 4.79 Å². The summed E-state index contributed by atoms with van der Waals surface area (Å²) in [5.74, 6) is 0.0781. The highest BCUT2D eigenvalue weighted by Gasteiger charge is 2.19. The minimum atomic E-state index is 0. The summed E-state index contributed by atoms with van der Waals surface area (Å²) in [5, 5.41) is 3.05. The van der Waals surface area contributed by atoms with Crippen molar-refractivity contribution in [2.24, 2.45) is 5.41 Å². The molecule has 0 saturated heterocycles. The van der Waals surface area contributed by atoms with Gasteiger partial charge in [0.2, 0.25) is 5.91 Å². The Kier molecular flexibility index (Phi) is 7.80. The number of hydrogen-bond donors (Lipinski definition) is 2. The summed E-state index contributed by atoms with van der Waals surface area (Å²) in [6.07, 6.45) is 2.09. The maximum Gasteiger partial charge on any atom is 0.220 e. The lowest BCUT2D eigenvalue weighted by Crippen LogP contribution is -2.35. The molecule has 0 spiro atoms. The summed E-state index contributed by atoms with van der Waals surface area (Å²) >= 11 is 0. The van der Waals surface area contributed by atoms with E-state index in [1.807, 2.05) is 42.5 Å². The van der Waals surface area contributed by atoms with Gasteiger partial charge in [0.15, 0.2) is 0 Å². The lowest BCUT2D eigenvalue weighted by Gasteiger charge is -2.25. The number of nitrogen functional groups attached to an aromatic ring is 1. The predicted octanol–water partition coefficient (Wildman–Crippen LogP) is 4.01. The minimum Gasteiger partial charge on any atom is -0.399 e. The number of benzene rings is 2. The number of carbonyl (C=O) groups excluding carboxylic acids is 1. The highest BCUT2D eigenvalue weighted by Crippen LogP contribution is 2.21. The normalized spacial score (nSPS) is 10.8. The van der Waals surface area contributed by atoms with Crippen LogP contribution in [0.1, 0.15) is 31.4 Å². The van der Waals surface area contributed by atoms with Gasteiger partial charge < -0.3 is 11.1 Å². The van der Waals surface area contributed by atoms with Gasteiger partial charge in [-0.25, -0.2) is 0 Å². The van der Waals surface area contributed by atoms with E-state index in [2.05, 4.69) is 31.3 Å². The summed E-state index contributed by atoms with van der Waals surface area (Å²) in [7, 11) is 0. The molecule has 4 heteroatoms. The number of rotatable bonds is 7. The first-order valence-electron chi connectivity index (χ1n) is 8.10. The average Bonchev–Trinajstić information content (AvgIpc) is 2.53. The number of anilines is 1. The van der Waals surface area contributed by atoms with Crippen molar-refractivity contribution in [3.8, 4) is 0 Å². The van der Waals surface area contributed by atoms with Gasteiger partial charge in [-0.2, -0.15) is 0 Å². The zero-order valence-corrected chi connectivity index (χ0v) is 15.2. The second-order valence-electron chi connectivity index (χ2n) is 6.80. The number of nitrogens with one attached hydrogen (secondary N) is 1. The third-order valence-electron chi connectivity index (χ3n) is 3.97. The molecule has 2 aromatic carbocycles. The number of para-hydroxylation sites is 1. The number of carbonyl (C=O) groups is 1. The van der Waals surface area contributed by atoms with Crippen molar-refractivity contribution in [1.82, 2.24) is 5.32 Å². The zero-order chi connectivity index (χ0) is 16.7. The van der Waals surface area contributed by atoms with Crippen LogP contribution in [0.15, 0.2) is 54.6 Å². The molecule has 2 rings (SSSR count). The smallest absolute Gasteiger partial charge is 0.220 e. The van der Waals surface area contributed by atoms with Crippen LogP contribution in [0.2, 0.25) is 0 Å². The third kappa shape index (κ3) is 6.63. The van der Waals surface area contributed by atoms with Crippen LogP contribution in [0.3, 0.4) is 0 Å². The van der Waals surface area contributed by atoms with E-state index in [1.165, 1.54) is 5.56 Å². The molecule has 0 aliphatic rings. The molecule has 1 amide bonds. The second-order valence-corrected chi connectivity index (χ2v) is 6.80. The molecule has 0 saturated carbocycles. The van der Waals surface area contributed by atoms with Gasteiger partial charge in [0.05, 0.1) is 0 Å². The number of halogens is 1. The Balaban J connectivity index is 0.00000288. The van der Waals surface area contributed by atoms with Crippen LogP contribution in [0.25, 0.3) is 0 Å². The molecule has 0 bridgehead atoms. The maximum atomic E-state index is 12.1. The molecular formula is C20H27ClN2O. The van der Waals surface area contributed by atoms with E-state index in [9.17, 15) is 4.79 Å². The fourth-order valence-corrected chi connectivity index (χ4v) is 2.65. The van der Waals surface area contributed by atoms with Crippen LogP contribution in [-0.4, -0.2) is 12.5 Å². The van der Waals surface area contributed by atoms with E-state index < -0.39 is 0 Å². The maximum absolute atomic E-state index is 12.1. The Labute approximate surface area is 151 Å². The second kappa shape index (κ2) is 9.33. The molecule has 3 N–H and O–H groups in total. The quantitative estimate of drug-likeness (QED) is 0.744. The molecular weight excluding hydrogens is 320 g/mol. The topological polar surface area (TPSA) is 55.1 Å². The van der Waals surface area contributed by atoms with E-state index in [1.54, 1.807) is 0 Å². The van der Waals surface area contributed by atoms with Gasteiger partial charge in [0.1, 0.15) is 0 Å². The minimum absolute atomic E-state index is 0. The van der Waals surface area contributed by atoms with E-state index in [0.29, 0.717) is 19.4 Å². The largest absolute Gasteiger partial charge is 0.399 e. The molecule has 0 aliphatic carbocycles. The average molecular weight is 347 g/mol. The first-order valence-corrected chi connectivity index (χ1v) is 8.10. The summed E-state index contributed by atoms with van der Waals surface area (Å²) in [4.78, 5) is 12.1. The van der Waals surface area contributed by atoms with Crippen LogP contribution < -0.4 is 11.1 Å². The van der Waals surface area contributed by atoms with E-state index in [-0.39, 0.29) is 23.7 Å². The lowest BCUT2D eigenvalue weighted by atomic mass is 9.85. The molecule has 2 aromatic rings. The van der Waals surface area contributed by atoms with E-state index in [4.69, 9.17) is 5.73 Å². The van der Waals surface area contributed by atoms with Crippen LogP contribution >= 0.6 is 12.4 Å². The molecule has 130 valence electrons. The molecule has 0 radical (unpaired) electrons. The Morgan fingerprint density at radius 1 is 1.04 bits per heavy atom. The fourth-order valence-electron chi connectivity index (χ4n) is 2.65. The summed E-state index contributed by atoms with van der Waals surface area (Å²) < 4.78 is 0. The van der Waals surface area contributed by atoms with Gasteiger partial charge >= 0.3 is 0 Å². The highest BCUT2D eigenvalue weighted by molar-refractivity contribution is 5.85. The van der Waals surface area contributed by atoms with Gasteiger partial charge in [-0.1, -0.05) is 62.4 Å². The van der Waals surface area contributed by atoms with Crippen molar-refractivity contribution in [3.63, 3.8) is 0 Å². The van der Waals surface area contributed by atoms with Crippen molar-refractivity contribution < 1.29 is 4.79 Å². The molecule has 0 atom stereocenters. The summed E-state index contributed by atoms with van der Waals surface area (Å²) in [6, 6.07) is 18.1. The third-order valence-corrected chi connectivity index (χ3v) is 3.97. The zero-order valence-electron chi connectivity index (χ0n) is 14.4. The molecule has 0 aromatic heterocycles.